The predicted octanol–water partition coefficient (Wildman–Crippen LogP) is 1.68. The topological polar surface area (TPSA) is 69.6 Å². The summed E-state index contributed by atoms with van der Waals surface area (Å²) in [5.41, 5.74) is 0. The first-order valence-corrected chi connectivity index (χ1v) is 6.92. The van der Waals surface area contributed by atoms with Gasteiger partial charge in [0.15, 0.2) is 0 Å². The summed E-state index contributed by atoms with van der Waals surface area (Å²) >= 11 is 0. The molecule has 1 atom stereocenters. The third-order valence-corrected chi connectivity index (χ3v) is 3.82. The van der Waals surface area contributed by atoms with Crippen molar-refractivity contribution < 1.29 is 14.7 Å². The molecule has 5 heteroatoms. The van der Waals surface area contributed by atoms with E-state index in [-0.39, 0.29) is 6.03 Å². The van der Waals surface area contributed by atoms with Gasteiger partial charge in [-0.15, -0.1) is 0 Å². The molecule has 2 amide bonds. The number of carbonyl (C=O) groups excluding carboxylic acids is 1. The van der Waals surface area contributed by atoms with Crippen LogP contribution in [0.5, 0.6) is 0 Å². The van der Waals surface area contributed by atoms with Gasteiger partial charge in [0.2, 0.25) is 0 Å². The predicted molar refractivity (Wildman–Crippen MR) is 67.3 cm³/mol. The Kier molecular flexibility index (Phi) is 4.44. The molecule has 18 heavy (non-hydrogen) atoms. The van der Waals surface area contributed by atoms with Crippen molar-refractivity contribution in [1.82, 2.24) is 10.2 Å². The van der Waals surface area contributed by atoms with E-state index < -0.39 is 11.9 Å². The van der Waals surface area contributed by atoms with Crippen LogP contribution in [-0.2, 0) is 4.79 Å². The summed E-state index contributed by atoms with van der Waals surface area (Å²) in [7, 11) is 0. The molecule has 0 aromatic heterocycles. The van der Waals surface area contributed by atoms with E-state index in [1.165, 1.54) is 19.3 Å². The second-order valence-electron chi connectivity index (χ2n) is 5.44. The summed E-state index contributed by atoms with van der Waals surface area (Å²) in [6, 6.07) is -0.100. The van der Waals surface area contributed by atoms with Gasteiger partial charge < -0.3 is 15.3 Å². The van der Waals surface area contributed by atoms with E-state index in [2.05, 4.69) is 5.32 Å². The Balaban J connectivity index is 1.65. The van der Waals surface area contributed by atoms with Gasteiger partial charge in [0, 0.05) is 19.6 Å². The number of piperidine rings is 1. The van der Waals surface area contributed by atoms with Crippen molar-refractivity contribution in [3.63, 3.8) is 0 Å². The molecule has 1 saturated heterocycles. The molecule has 0 spiro atoms. The van der Waals surface area contributed by atoms with E-state index in [1.807, 2.05) is 0 Å². The maximum Gasteiger partial charge on any atom is 0.317 e. The summed E-state index contributed by atoms with van der Waals surface area (Å²) in [4.78, 5) is 24.4. The van der Waals surface area contributed by atoms with Crippen molar-refractivity contribution >= 4 is 12.0 Å². The number of carboxylic acids is 1. The molecule has 2 rings (SSSR count). The first-order chi connectivity index (χ1) is 8.66. The minimum Gasteiger partial charge on any atom is -0.481 e. The van der Waals surface area contributed by atoms with E-state index in [4.69, 9.17) is 5.11 Å². The Bertz CT molecular complexity index is 315. The van der Waals surface area contributed by atoms with Gasteiger partial charge in [-0.3, -0.25) is 4.79 Å². The van der Waals surface area contributed by atoms with Gasteiger partial charge in [0.1, 0.15) is 0 Å². The standard InChI is InChI=1S/C13H22N2O3/c16-12(17)11-4-2-8-15(9-11)13(18)14-7-1-3-10-5-6-10/h10-11H,1-9H2,(H,14,18)(H,16,17)/t11-/m1/s1. The van der Waals surface area contributed by atoms with Crippen molar-refractivity contribution in [3.05, 3.63) is 0 Å². The van der Waals surface area contributed by atoms with E-state index >= 15 is 0 Å². The monoisotopic (exact) mass is 254 g/mol. The zero-order valence-corrected chi connectivity index (χ0v) is 10.7. The molecule has 2 aliphatic rings. The van der Waals surface area contributed by atoms with Gasteiger partial charge in [-0.2, -0.15) is 0 Å². The SMILES string of the molecule is O=C(O)[C@@H]1CCCN(C(=O)NCCCC2CC2)C1. The van der Waals surface area contributed by atoms with Gasteiger partial charge in [0.25, 0.3) is 0 Å². The Morgan fingerprint density at radius 3 is 2.72 bits per heavy atom. The Labute approximate surface area is 108 Å². The molecule has 0 aromatic carbocycles. The first kappa shape index (κ1) is 13.2. The Morgan fingerprint density at radius 1 is 1.28 bits per heavy atom. The lowest BCUT2D eigenvalue weighted by atomic mass is 9.99. The molecule has 2 fully saturated rings. The van der Waals surface area contributed by atoms with Crippen molar-refractivity contribution in [3.8, 4) is 0 Å². The van der Waals surface area contributed by atoms with Crippen LogP contribution in [0.1, 0.15) is 38.5 Å². The average Bonchev–Trinajstić information content (AvgIpc) is 3.18. The highest BCUT2D eigenvalue weighted by atomic mass is 16.4. The number of nitrogens with one attached hydrogen (secondary N) is 1. The van der Waals surface area contributed by atoms with Crippen LogP contribution in [-0.4, -0.2) is 41.6 Å². The van der Waals surface area contributed by atoms with E-state index in [0.29, 0.717) is 26.1 Å². The van der Waals surface area contributed by atoms with Gasteiger partial charge in [-0.1, -0.05) is 12.8 Å². The fourth-order valence-corrected chi connectivity index (χ4v) is 2.47. The summed E-state index contributed by atoms with van der Waals surface area (Å²) < 4.78 is 0. The summed E-state index contributed by atoms with van der Waals surface area (Å²) in [6.45, 7) is 1.74. The van der Waals surface area contributed by atoms with E-state index in [9.17, 15) is 9.59 Å². The summed E-state index contributed by atoms with van der Waals surface area (Å²) in [5, 5.41) is 11.9. The molecule has 102 valence electrons. The van der Waals surface area contributed by atoms with E-state index in [1.54, 1.807) is 4.90 Å². The Hall–Kier alpha value is -1.26. The number of amides is 2. The van der Waals surface area contributed by atoms with Crippen molar-refractivity contribution in [1.29, 1.82) is 0 Å². The third-order valence-electron chi connectivity index (χ3n) is 3.82. The smallest absolute Gasteiger partial charge is 0.317 e. The van der Waals surface area contributed by atoms with Crippen LogP contribution in [0.4, 0.5) is 4.79 Å². The fraction of sp³-hybridized carbons (Fsp3) is 0.846. The molecule has 1 heterocycles. The molecular formula is C13H22N2O3. The fourth-order valence-electron chi connectivity index (χ4n) is 2.47. The lowest BCUT2D eigenvalue weighted by Crippen LogP contribution is -2.47. The van der Waals surface area contributed by atoms with Crippen LogP contribution in [0, 0.1) is 11.8 Å². The quantitative estimate of drug-likeness (QED) is 0.733. The van der Waals surface area contributed by atoms with Gasteiger partial charge in [-0.25, -0.2) is 4.79 Å². The van der Waals surface area contributed by atoms with Crippen molar-refractivity contribution in [2.75, 3.05) is 19.6 Å². The normalized spacial score (nSPS) is 23.8. The largest absolute Gasteiger partial charge is 0.481 e. The maximum absolute atomic E-state index is 11.8. The van der Waals surface area contributed by atoms with E-state index in [0.717, 1.165) is 18.8 Å². The number of hydrogen-bond donors (Lipinski definition) is 2. The highest BCUT2D eigenvalue weighted by Crippen LogP contribution is 2.33. The molecule has 1 saturated carbocycles. The van der Waals surface area contributed by atoms with Gasteiger partial charge in [0.05, 0.1) is 5.92 Å². The first-order valence-electron chi connectivity index (χ1n) is 6.92. The number of hydrogen-bond acceptors (Lipinski definition) is 2. The van der Waals surface area contributed by atoms with Crippen LogP contribution in [0.25, 0.3) is 0 Å². The zero-order chi connectivity index (χ0) is 13.0. The third kappa shape index (κ3) is 3.89. The second kappa shape index (κ2) is 6.07. The minimum atomic E-state index is -0.791. The lowest BCUT2D eigenvalue weighted by molar-refractivity contribution is -0.143. The van der Waals surface area contributed by atoms with Crippen LogP contribution in [0.2, 0.25) is 0 Å². The van der Waals surface area contributed by atoms with Crippen LogP contribution in [0.15, 0.2) is 0 Å². The van der Waals surface area contributed by atoms with Gasteiger partial charge in [-0.05, 0) is 31.6 Å². The van der Waals surface area contributed by atoms with Crippen LogP contribution >= 0.6 is 0 Å². The molecule has 0 unspecified atom stereocenters. The number of carboxylic acid groups (broad SMARTS) is 1. The molecule has 5 nitrogen and oxygen atoms in total. The highest BCUT2D eigenvalue weighted by Gasteiger charge is 2.28. The maximum atomic E-state index is 11.8. The zero-order valence-electron chi connectivity index (χ0n) is 10.7. The summed E-state index contributed by atoms with van der Waals surface area (Å²) in [6.07, 6.45) is 6.40. The number of aliphatic carboxylic acids is 1. The van der Waals surface area contributed by atoms with Crippen molar-refractivity contribution in [2.45, 2.75) is 38.5 Å². The number of likely N-dealkylation sites (tertiary alicyclic amines) is 1. The molecule has 2 N–H and O–H groups in total. The van der Waals surface area contributed by atoms with Crippen LogP contribution in [0.3, 0.4) is 0 Å². The number of nitrogens with zero attached hydrogens (tertiary/aromatic N) is 1. The van der Waals surface area contributed by atoms with Crippen molar-refractivity contribution in [2.24, 2.45) is 11.8 Å². The highest BCUT2D eigenvalue weighted by molar-refractivity contribution is 5.76. The molecule has 0 bridgehead atoms. The summed E-state index contributed by atoms with van der Waals surface area (Å²) in [5.74, 6) is -0.287. The molecule has 1 aliphatic heterocycles. The minimum absolute atomic E-state index is 0.100. The van der Waals surface area contributed by atoms with Gasteiger partial charge >= 0.3 is 12.0 Å². The molecule has 0 aromatic rings. The van der Waals surface area contributed by atoms with Crippen LogP contribution < -0.4 is 5.32 Å². The Morgan fingerprint density at radius 2 is 2.06 bits per heavy atom. The molecule has 1 aliphatic carbocycles. The average molecular weight is 254 g/mol. The number of urea groups is 1. The lowest BCUT2D eigenvalue weighted by Gasteiger charge is -2.30. The number of carbonyl (C=O) groups is 2. The number of rotatable bonds is 5. The second-order valence-corrected chi connectivity index (χ2v) is 5.44. The molecular weight excluding hydrogens is 232 g/mol. The molecule has 0 radical (unpaired) electrons.